The average molecular weight is 888 g/mol. The first-order valence-corrected chi connectivity index (χ1v) is 23.6. The Hall–Kier alpha value is -8.36. The van der Waals surface area contributed by atoms with Gasteiger partial charge >= 0.3 is 0 Å². The fourth-order valence-corrected chi connectivity index (χ4v) is 9.66. The summed E-state index contributed by atoms with van der Waals surface area (Å²) in [5, 5.41) is 0. The van der Waals surface area contributed by atoms with Crippen molar-refractivity contribution in [2.24, 2.45) is 0 Å². The van der Waals surface area contributed by atoms with Crippen LogP contribution in [0.15, 0.2) is 164 Å². The first-order chi connectivity index (χ1) is 33.6. The van der Waals surface area contributed by atoms with Crippen molar-refractivity contribution in [3.8, 4) is 50.3 Å². The van der Waals surface area contributed by atoms with E-state index in [1.807, 2.05) is 30.3 Å². The Kier molecular flexibility index (Phi) is 11.7. The molecule has 5 aromatic carbocycles. The number of benzene rings is 5. The van der Waals surface area contributed by atoms with Gasteiger partial charge in [-0.1, -0.05) is 141 Å². The predicted octanol–water partition coefficient (Wildman–Crippen LogP) is 14.3. The number of carbonyl (C=O) groups is 2. The minimum absolute atomic E-state index is 0.174. The minimum Gasteiger partial charge on any atom is -0.494 e. The fraction of sp³-hybridized carbons (Fsp3) is 0.133. The Balaban J connectivity index is 0.903. The van der Waals surface area contributed by atoms with Crippen molar-refractivity contribution in [3.05, 3.63) is 198 Å². The Morgan fingerprint density at radius 2 is 0.735 bits per heavy atom. The first-order valence-electron chi connectivity index (χ1n) is 23.6. The van der Waals surface area contributed by atoms with Crippen molar-refractivity contribution in [2.75, 3.05) is 13.2 Å². The van der Waals surface area contributed by atoms with E-state index >= 15 is 0 Å². The van der Waals surface area contributed by atoms with Crippen LogP contribution in [-0.4, -0.2) is 49.8 Å². The van der Waals surface area contributed by atoms with E-state index in [1.54, 1.807) is 24.3 Å². The van der Waals surface area contributed by atoms with Gasteiger partial charge in [-0.3, -0.25) is 14.5 Å². The minimum atomic E-state index is -0.174. The summed E-state index contributed by atoms with van der Waals surface area (Å²) in [5.41, 5.74) is 16.6. The SMILES string of the molecule is O=C1c2ccccc2C(=O)N1CCCCCCCCOc1ccc(-c2c3nc(c(-c4ccccc4)c4ccc([nH]4)c(-c4ccccc4)c4nc(c(-c5ccccc5)c5ccc2[nH]5)C=C4)C=C3)cc1. The number of hydrogen-bond donors (Lipinski definition) is 2. The van der Waals surface area contributed by atoms with E-state index in [-0.39, 0.29) is 11.8 Å². The fourth-order valence-electron chi connectivity index (χ4n) is 9.66. The molecule has 2 N–H and O–H groups in total. The molecule has 3 aromatic heterocycles. The lowest BCUT2D eigenvalue weighted by molar-refractivity contribution is 0.0651. The van der Waals surface area contributed by atoms with Crippen LogP contribution in [0.5, 0.6) is 5.75 Å². The summed E-state index contributed by atoms with van der Waals surface area (Å²) in [6, 6.07) is 55.4. The quantitative estimate of drug-likeness (QED) is 0.0836. The van der Waals surface area contributed by atoms with Crippen molar-refractivity contribution in [3.63, 3.8) is 0 Å². The molecule has 8 bridgehead atoms. The van der Waals surface area contributed by atoms with Crippen LogP contribution < -0.4 is 4.74 Å². The van der Waals surface area contributed by atoms with Gasteiger partial charge in [0, 0.05) is 50.9 Å². The van der Waals surface area contributed by atoms with Gasteiger partial charge in [0.05, 0.1) is 40.5 Å². The number of aromatic amines is 2. The molecular weight excluding hydrogens is 839 g/mol. The topological polar surface area (TPSA) is 104 Å². The highest BCUT2D eigenvalue weighted by Crippen LogP contribution is 2.39. The number of nitrogens with zero attached hydrogens (tertiary/aromatic N) is 3. The lowest BCUT2D eigenvalue weighted by Crippen LogP contribution is -2.30. The Bertz CT molecular complexity index is 3330. The lowest BCUT2D eigenvalue weighted by atomic mass is 10.0. The van der Waals surface area contributed by atoms with E-state index in [0.29, 0.717) is 24.3 Å². The van der Waals surface area contributed by atoms with Gasteiger partial charge in [0.1, 0.15) is 5.75 Å². The van der Waals surface area contributed by atoms with Crippen LogP contribution in [0.4, 0.5) is 0 Å². The van der Waals surface area contributed by atoms with Gasteiger partial charge in [0.25, 0.3) is 11.8 Å². The zero-order valence-corrected chi connectivity index (χ0v) is 37.6. The molecule has 0 saturated carbocycles. The van der Waals surface area contributed by atoms with Gasteiger partial charge in [0.2, 0.25) is 0 Å². The summed E-state index contributed by atoms with van der Waals surface area (Å²) in [6.45, 7) is 1.09. The number of H-pyrrole nitrogens is 2. The van der Waals surface area contributed by atoms with E-state index in [9.17, 15) is 9.59 Å². The van der Waals surface area contributed by atoms with E-state index in [4.69, 9.17) is 14.7 Å². The zero-order valence-electron chi connectivity index (χ0n) is 37.6. The third kappa shape index (κ3) is 8.37. The second-order valence-corrected chi connectivity index (χ2v) is 17.4. The summed E-state index contributed by atoms with van der Waals surface area (Å²) >= 11 is 0. The molecular formula is C60H49N5O3. The number of rotatable bonds is 14. The average Bonchev–Trinajstić information content (AvgIpc) is 4.26. The normalized spacial score (nSPS) is 12.8. The molecule has 0 radical (unpaired) electrons. The molecule has 0 fully saturated rings. The van der Waals surface area contributed by atoms with Gasteiger partial charge in [-0.05, 0) is 108 Å². The third-order valence-electron chi connectivity index (χ3n) is 13.0. The number of unbranched alkanes of at least 4 members (excludes halogenated alkanes) is 5. The number of nitrogens with one attached hydrogen (secondary N) is 2. The Morgan fingerprint density at radius 1 is 0.382 bits per heavy atom. The number of aromatic nitrogens is 4. The molecule has 3 aliphatic heterocycles. The molecule has 8 nitrogen and oxygen atoms in total. The standard InChI is InChI=1S/C60H49N5O3/c66-59-45-24-14-15-25-46(45)60(67)65(59)38-16-3-1-2-4-17-39-68-44-28-26-43(27-29-44)58-53-36-34-51(63-53)56(41-20-10-6-11-21-41)49-32-30-47(61-49)55(40-18-8-5-9-19-40)48-31-33-50(62-48)57(42-22-12-7-13-23-42)52-35-37-54(58)64-52/h5-15,18-37,61,64H,1-4,16-17,38-39H2. The third-order valence-corrected chi connectivity index (χ3v) is 13.0. The maximum absolute atomic E-state index is 12.7. The number of amides is 2. The monoisotopic (exact) mass is 887 g/mol. The molecule has 332 valence electrons. The number of carbonyl (C=O) groups excluding carboxylic acids is 2. The lowest BCUT2D eigenvalue weighted by Gasteiger charge is -2.13. The molecule has 68 heavy (non-hydrogen) atoms. The highest BCUT2D eigenvalue weighted by molar-refractivity contribution is 6.21. The molecule has 0 spiro atoms. The molecule has 3 aliphatic rings. The molecule has 11 rings (SSSR count). The van der Waals surface area contributed by atoms with Crippen LogP contribution in [0.25, 0.3) is 90.9 Å². The summed E-state index contributed by atoms with van der Waals surface area (Å²) < 4.78 is 6.27. The van der Waals surface area contributed by atoms with Gasteiger partial charge in [-0.2, -0.15) is 0 Å². The van der Waals surface area contributed by atoms with Crippen molar-refractivity contribution >= 4 is 58.2 Å². The highest BCUT2D eigenvalue weighted by Gasteiger charge is 2.34. The molecule has 2 amide bonds. The van der Waals surface area contributed by atoms with E-state index in [2.05, 4.69) is 143 Å². The van der Waals surface area contributed by atoms with Crippen molar-refractivity contribution in [1.82, 2.24) is 24.8 Å². The first kappa shape index (κ1) is 42.3. The van der Waals surface area contributed by atoms with Crippen molar-refractivity contribution in [2.45, 2.75) is 38.5 Å². The molecule has 8 heteroatoms. The van der Waals surface area contributed by atoms with Gasteiger partial charge in [0.15, 0.2) is 0 Å². The molecule has 0 atom stereocenters. The smallest absolute Gasteiger partial charge is 0.261 e. The summed E-state index contributed by atoms with van der Waals surface area (Å²) in [4.78, 5) is 45.3. The molecule has 0 saturated heterocycles. The summed E-state index contributed by atoms with van der Waals surface area (Å²) in [5.74, 6) is 0.469. The van der Waals surface area contributed by atoms with Crippen LogP contribution >= 0.6 is 0 Å². The van der Waals surface area contributed by atoms with Gasteiger partial charge in [-0.25, -0.2) is 9.97 Å². The van der Waals surface area contributed by atoms with E-state index in [1.165, 1.54) is 4.90 Å². The maximum Gasteiger partial charge on any atom is 0.261 e. The van der Waals surface area contributed by atoms with Crippen molar-refractivity contribution < 1.29 is 14.3 Å². The van der Waals surface area contributed by atoms with E-state index in [0.717, 1.165) is 134 Å². The Morgan fingerprint density at radius 3 is 1.15 bits per heavy atom. The molecule has 0 unspecified atom stereocenters. The van der Waals surface area contributed by atoms with E-state index < -0.39 is 0 Å². The van der Waals surface area contributed by atoms with Gasteiger partial charge < -0.3 is 14.7 Å². The second kappa shape index (κ2) is 18.9. The van der Waals surface area contributed by atoms with Crippen LogP contribution in [0.1, 0.15) is 82.0 Å². The molecule has 6 heterocycles. The second-order valence-electron chi connectivity index (χ2n) is 17.4. The van der Waals surface area contributed by atoms with Crippen LogP contribution in [0.2, 0.25) is 0 Å². The number of ether oxygens (including phenoxy) is 1. The summed E-state index contributed by atoms with van der Waals surface area (Å²) in [7, 11) is 0. The largest absolute Gasteiger partial charge is 0.494 e. The van der Waals surface area contributed by atoms with Crippen LogP contribution in [0.3, 0.4) is 0 Å². The highest BCUT2D eigenvalue weighted by atomic mass is 16.5. The van der Waals surface area contributed by atoms with Crippen LogP contribution in [0, 0.1) is 0 Å². The zero-order chi connectivity index (χ0) is 45.8. The number of hydrogen-bond acceptors (Lipinski definition) is 5. The Labute approximate surface area is 395 Å². The number of fused-ring (bicyclic) bond motifs is 9. The van der Waals surface area contributed by atoms with Crippen molar-refractivity contribution in [1.29, 1.82) is 0 Å². The van der Waals surface area contributed by atoms with Crippen LogP contribution in [-0.2, 0) is 0 Å². The molecule has 0 aliphatic carbocycles. The maximum atomic E-state index is 12.7. The predicted molar refractivity (Wildman–Crippen MR) is 276 cm³/mol. The number of imide groups is 1. The molecule has 8 aromatic rings. The summed E-state index contributed by atoms with van der Waals surface area (Å²) in [6.07, 6.45) is 14.4. The van der Waals surface area contributed by atoms with Gasteiger partial charge in [-0.15, -0.1) is 0 Å².